The molecule has 1 aromatic carbocycles. The predicted molar refractivity (Wildman–Crippen MR) is 66.2 cm³/mol. The molecule has 1 rings (SSSR count). The Morgan fingerprint density at radius 3 is 2.88 bits per heavy atom. The van der Waals surface area contributed by atoms with Crippen molar-refractivity contribution in [2.24, 2.45) is 0 Å². The van der Waals surface area contributed by atoms with Crippen LogP contribution in [0.1, 0.15) is 18.1 Å². The Kier molecular flexibility index (Phi) is 4.21. The van der Waals surface area contributed by atoms with Gasteiger partial charge >= 0.3 is 0 Å². The van der Waals surface area contributed by atoms with E-state index in [-0.39, 0.29) is 5.91 Å². The predicted octanol–water partition coefficient (Wildman–Crippen LogP) is 1.72. The quantitative estimate of drug-likeness (QED) is 0.576. The lowest BCUT2D eigenvalue weighted by Gasteiger charge is -2.03. The second-order valence-electron chi connectivity index (χ2n) is 3.35. The molecule has 0 saturated heterocycles. The average Bonchev–Trinajstić information content (AvgIpc) is 2.23. The lowest BCUT2D eigenvalue weighted by atomic mass is 10.1. The summed E-state index contributed by atoms with van der Waals surface area (Å²) in [6.07, 6.45) is 0. The molecule has 16 heavy (non-hydrogen) atoms. The maximum Gasteiger partial charge on any atom is 0.217 e. The van der Waals surface area contributed by atoms with Crippen LogP contribution in [0.3, 0.4) is 0 Å². The van der Waals surface area contributed by atoms with Gasteiger partial charge in [0.15, 0.2) is 0 Å². The molecule has 0 heterocycles. The number of benzene rings is 1. The monoisotopic (exact) mass is 236 g/mol. The van der Waals surface area contributed by atoms with Gasteiger partial charge in [-0.1, -0.05) is 23.4 Å². The van der Waals surface area contributed by atoms with Gasteiger partial charge in [-0.05, 0) is 24.6 Å². The first kappa shape index (κ1) is 12.4. The second-order valence-corrected chi connectivity index (χ2v) is 3.73. The molecule has 0 atom stereocenters. The van der Waals surface area contributed by atoms with Gasteiger partial charge in [0.25, 0.3) is 0 Å². The third-order valence-corrected chi connectivity index (χ3v) is 2.56. The smallest absolute Gasteiger partial charge is 0.217 e. The van der Waals surface area contributed by atoms with E-state index >= 15 is 0 Å². The minimum absolute atomic E-state index is 0.103. The number of halogens is 1. The molecule has 0 radical (unpaired) electrons. The van der Waals surface area contributed by atoms with Crippen LogP contribution in [-0.4, -0.2) is 12.5 Å². The Balaban J connectivity index is 2.82. The van der Waals surface area contributed by atoms with E-state index in [0.717, 1.165) is 11.1 Å². The Hall–Kier alpha value is -1.66. The maximum atomic E-state index is 10.6. The molecule has 0 bridgehead atoms. The van der Waals surface area contributed by atoms with Crippen molar-refractivity contribution in [1.29, 1.82) is 0 Å². The number of hydrogen-bond acceptors (Lipinski definition) is 2. The van der Waals surface area contributed by atoms with E-state index in [1.807, 2.05) is 6.92 Å². The molecular weight excluding hydrogens is 224 g/mol. The standard InChI is InChI=1S/C12H13ClN2O/c1-8-11(14)6-5-10(12(8)13)4-3-7-15-9(2)16/h5-6H,7,14H2,1-2H3,(H,15,16). The number of amides is 1. The van der Waals surface area contributed by atoms with E-state index in [9.17, 15) is 4.79 Å². The molecule has 3 nitrogen and oxygen atoms in total. The molecule has 4 heteroatoms. The third-order valence-electron chi connectivity index (χ3n) is 2.08. The van der Waals surface area contributed by atoms with Gasteiger partial charge in [-0.15, -0.1) is 0 Å². The Bertz CT molecular complexity index is 472. The average molecular weight is 237 g/mol. The van der Waals surface area contributed by atoms with Crippen LogP contribution in [0.4, 0.5) is 5.69 Å². The van der Waals surface area contributed by atoms with E-state index < -0.39 is 0 Å². The number of nitrogens with two attached hydrogens (primary N) is 1. The van der Waals surface area contributed by atoms with E-state index in [4.69, 9.17) is 17.3 Å². The summed E-state index contributed by atoms with van der Waals surface area (Å²) in [4.78, 5) is 10.6. The minimum Gasteiger partial charge on any atom is -0.398 e. The van der Waals surface area contributed by atoms with E-state index in [1.54, 1.807) is 12.1 Å². The molecule has 0 unspecified atom stereocenters. The zero-order valence-electron chi connectivity index (χ0n) is 9.23. The minimum atomic E-state index is -0.103. The lowest BCUT2D eigenvalue weighted by molar-refractivity contribution is -0.118. The van der Waals surface area contributed by atoms with E-state index in [0.29, 0.717) is 17.3 Å². The molecule has 0 saturated carbocycles. The van der Waals surface area contributed by atoms with Crippen molar-refractivity contribution in [2.75, 3.05) is 12.3 Å². The summed E-state index contributed by atoms with van der Waals surface area (Å²) >= 11 is 6.07. The molecule has 0 aliphatic carbocycles. The Labute approximate surface area is 100.0 Å². The molecule has 0 aliphatic heterocycles. The highest BCUT2D eigenvalue weighted by atomic mass is 35.5. The Morgan fingerprint density at radius 1 is 1.56 bits per heavy atom. The lowest BCUT2D eigenvalue weighted by Crippen LogP contribution is -2.19. The van der Waals surface area contributed by atoms with Gasteiger partial charge in [-0.25, -0.2) is 0 Å². The summed E-state index contributed by atoms with van der Waals surface area (Å²) in [5, 5.41) is 3.15. The Morgan fingerprint density at radius 2 is 2.25 bits per heavy atom. The van der Waals surface area contributed by atoms with Gasteiger partial charge in [0.2, 0.25) is 5.91 Å². The highest BCUT2D eigenvalue weighted by molar-refractivity contribution is 6.32. The molecule has 0 aromatic heterocycles. The van der Waals surface area contributed by atoms with Crippen LogP contribution < -0.4 is 11.1 Å². The maximum absolute atomic E-state index is 10.6. The van der Waals surface area contributed by atoms with Gasteiger partial charge in [0, 0.05) is 18.2 Å². The molecule has 84 valence electrons. The molecular formula is C12H13ClN2O. The highest BCUT2D eigenvalue weighted by Gasteiger charge is 2.03. The zero-order chi connectivity index (χ0) is 12.1. The van der Waals surface area contributed by atoms with Gasteiger partial charge in [0.1, 0.15) is 0 Å². The summed E-state index contributed by atoms with van der Waals surface area (Å²) in [6.45, 7) is 3.60. The molecule has 1 aromatic rings. The van der Waals surface area contributed by atoms with Gasteiger partial charge < -0.3 is 11.1 Å². The van der Waals surface area contributed by atoms with Crippen LogP contribution in [0, 0.1) is 18.8 Å². The van der Waals surface area contributed by atoms with Crippen LogP contribution in [-0.2, 0) is 4.79 Å². The summed E-state index contributed by atoms with van der Waals surface area (Å²) < 4.78 is 0. The topological polar surface area (TPSA) is 55.1 Å². The summed E-state index contributed by atoms with van der Waals surface area (Å²) in [6, 6.07) is 3.54. The number of anilines is 1. The van der Waals surface area contributed by atoms with Crippen LogP contribution in [0.15, 0.2) is 12.1 Å². The van der Waals surface area contributed by atoms with Crippen molar-refractivity contribution in [3.63, 3.8) is 0 Å². The van der Waals surface area contributed by atoms with Crippen molar-refractivity contribution in [3.05, 3.63) is 28.3 Å². The van der Waals surface area contributed by atoms with Crippen molar-refractivity contribution in [2.45, 2.75) is 13.8 Å². The molecule has 3 N–H and O–H groups in total. The molecule has 1 amide bonds. The second kappa shape index (κ2) is 5.43. The largest absolute Gasteiger partial charge is 0.398 e. The summed E-state index contributed by atoms with van der Waals surface area (Å²) in [5.41, 5.74) is 7.89. The fourth-order valence-corrected chi connectivity index (χ4v) is 1.32. The number of nitrogens with one attached hydrogen (secondary N) is 1. The van der Waals surface area contributed by atoms with Gasteiger partial charge in [-0.3, -0.25) is 4.79 Å². The van der Waals surface area contributed by atoms with Crippen molar-refractivity contribution in [1.82, 2.24) is 5.32 Å². The first-order chi connectivity index (χ1) is 7.52. The summed E-state index contributed by atoms with van der Waals surface area (Å²) in [7, 11) is 0. The molecule has 0 spiro atoms. The number of nitrogen functional groups attached to an aromatic ring is 1. The van der Waals surface area contributed by atoms with Gasteiger partial charge in [0.05, 0.1) is 11.6 Å². The van der Waals surface area contributed by atoms with Crippen LogP contribution >= 0.6 is 11.6 Å². The molecule has 0 aliphatic rings. The van der Waals surface area contributed by atoms with Crippen molar-refractivity contribution in [3.8, 4) is 11.8 Å². The molecule has 0 fully saturated rings. The first-order valence-electron chi connectivity index (χ1n) is 4.80. The summed E-state index contributed by atoms with van der Waals surface area (Å²) in [5.74, 6) is 5.59. The fraction of sp³-hybridized carbons (Fsp3) is 0.250. The number of rotatable bonds is 1. The van der Waals surface area contributed by atoms with Crippen LogP contribution in [0.2, 0.25) is 5.02 Å². The van der Waals surface area contributed by atoms with E-state index in [1.165, 1.54) is 6.92 Å². The number of carbonyl (C=O) groups is 1. The van der Waals surface area contributed by atoms with Gasteiger partial charge in [-0.2, -0.15) is 0 Å². The zero-order valence-corrected chi connectivity index (χ0v) is 9.98. The van der Waals surface area contributed by atoms with E-state index in [2.05, 4.69) is 17.2 Å². The number of carbonyl (C=O) groups excluding carboxylic acids is 1. The fourth-order valence-electron chi connectivity index (χ4n) is 1.10. The third kappa shape index (κ3) is 3.18. The van der Waals surface area contributed by atoms with Crippen molar-refractivity contribution < 1.29 is 4.79 Å². The first-order valence-corrected chi connectivity index (χ1v) is 5.18. The van der Waals surface area contributed by atoms with Crippen LogP contribution in [0.25, 0.3) is 0 Å². The highest BCUT2D eigenvalue weighted by Crippen LogP contribution is 2.24. The SMILES string of the molecule is CC(=O)NCC#Cc1ccc(N)c(C)c1Cl. The number of hydrogen-bond donors (Lipinski definition) is 2. The van der Waals surface area contributed by atoms with Crippen molar-refractivity contribution >= 4 is 23.2 Å². The van der Waals surface area contributed by atoms with Crippen LogP contribution in [0.5, 0.6) is 0 Å². The normalized spacial score (nSPS) is 9.19.